The van der Waals surface area contributed by atoms with Gasteiger partial charge >= 0.3 is 0 Å². The molecule has 1 saturated carbocycles. The fourth-order valence-electron chi connectivity index (χ4n) is 3.03. The lowest BCUT2D eigenvalue weighted by atomic mass is 9.75. The van der Waals surface area contributed by atoms with Gasteiger partial charge in [0.1, 0.15) is 5.75 Å². The molecule has 2 atom stereocenters. The van der Waals surface area contributed by atoms with Crippen molar-refractivity contribution in [1.82, 2.24) is 0 Å². The lowest BCUT2D eigenvalue weighted by molar-refractivity contribution is 0.284. The molecule has 0 aromatic heterocycles. The summed E-state index contributed by atoms with van der Waals surface area (Å²) in [4.78, 5) is 0. The molecular weight excluding hydrogens is 222 g/mol. The number of rotatable bonds is 5. The Morgan fingerprint density at radius 1 is 1.22 bits per heavy atom. The van der Waals surface area contributed by atoms with Crippen LogP contribution in [0, 0.1) is 5.92 Å². The van der Waals surface area contributed by atoms with Crippen LogP contribution < -0.4 is 10.5 Å². The van der Waals surface area contributed by atoms with E-state index in [0.717, 1.165) is 25.3 Å². The Balaban J connectivity index is 2.19. The van der Waals surface area contributed by atoms with Crippen LogP contribution in [0.15, 0.2) is 24.3 Å². The zero-order chi connectivity index (χ0) is 12.8. The molecule has 0 heterocycles. The van der Waals surface area contributed by atoms with E-state index in [4.69, 9.17) is 10.5 Å². The van der Waals surface area contributed by atoms with Gasteiger partial charge in [0.25, 0.3) is 0 Å². The fourth-order valence-corrected chi connectivity index (χ4v) is 3.03. The van der Waals surface area contributed by atoms with Gasteiger partial charge in [-0.05, 0) is 49.3 Å². The first-order valence-corrected chi connectivity index (χ1v) is 7.28. The number of ether oxygens (including phenoxy) is 1. The standard InChI is InChI=1S/C16H25NO/c1-2-11-18-16-10-6-5-9-15(16)14-8-4-3-7-13(14)12-17/h5-6,9-10,13-14H,2-4,7-8,11-12,17H2,1H3. The summed E-state index contributed by atoms with van der Waals surface area (Å²) < 4.78 is 5.89. The van der Waals surface area contributed by atoms with E-state index >= 15 is 0 Å². The molecule has 1 fully saturated rings. The topological polar surface area (TPSA) is 35.2 Å². The van der Waals surface area contributed by atoms with Crippen LogP contribution in [-0.2, 0) is 0 Å². The van der Waals surface area contributed by atoms with Crippen molar-refractivity contribution < 1.29 is 4.74 Å². The summed E-state index contributed by atoms with van der Waals surface area (Å²) in [5, 5.41) is 0. The monoisotopic (exact) mass is 247 g/mol. The molecule has 2 N–H and O–H groups in total. The Bertz CT molecular complexity index is 364. The SMILES string of the molecule is CCCOc1ccccc1C1CCCCC1CN. The molecule has 1 aromatic rings. The third-order valence-corrected chi connectivity index (χ3v) is 3.99. The lowest BCUT2D eigenvalue weighted by Crippen LogP contribution is -2.25. The van der Waals surface area contributed by atoms with Crippen LogP contribution in [-0.4, -0.2) is 13.2 Å². The molecule has 1 aromatic carbocycles. The fraction of sp³-hybridized carbons (Fsp3) is 0.625. The van der Waals surface area contributed by atoms with Gasteiger partial charge in [-0.15, -0.1) is 0 Å². The second-order valence-corrected chi connectivity index (χ2v) is 5.27. The van der Waals surface area contributed by atoms with Crippen LogP contribution in [0.1, 0.15) is 50.5 Å². The molecule has 2 heteroatoms. The van der Waals surface area contributed by atoms with Gasteiger partial charge in [0.05, 0.1) is 6.61 Å². The van der Waals surface area contributed by atoms with Crippen molar-refractivity contribution in [3.05, 3.63) is 29.8 Å². The van der Waals surface area contributed by atoms with E-state index in [-0.39, 0.29) is 0 Å². The second kappa shape index (κ2) is 6.79. The van der Waals surface area contributed by atoms with E-state index in [1.54, 1.807) is 0 Å². The molecule has 0 radical (unpaired) electrons. The molecule has 0 saturated heterocycles. The summed E-state index contributed by atoms with van der Waals surface area (Å²) in [6.45, 7) is 3.75. The maximum absolute atomic E-state index is 5.94. The quantitative estimate of drug-likeness (QED) is 0.861. The molecule has 0 amide bonds. The normalized spacial score (nSPS) is 23.9. The van der Waals surface area contributed by atoms with E-state index in [9.17, 15) is 0 Å². The maximum atomic E-state index is 5.94. The molecule has 18 heavy (non-hydrogen) atoms. The first-order chi connectivity index (χ1) is 8.86. The molecule has 0 spiro atoms. The van der Waals surface area contributed by atoms with Crippen molar-refractivity contribution in [2.24, 2.45) is 11.7 Å². The van der Waals surface area contributed by atoms with Crippen molar-refractivity contribution in [3.63, 3.8) is 0 Å². The number of hydrogen-bond donors (Lipinski definition) is 1. The van der Waals surface area contributed by atoms with Crippen molar-refractivity contribution in [2.75, 3.05) is 13.2 Å². The van der Waals surface area contributed by atoms with E-state index in [1.165, 1.54) is 31.2 Å². The van der Waals surface area contributed by atoms with Crippen LogP contribution in [0.3, 0.4) is 0 Å². The predicted molar refractivity (Wildman–Crippen MR) is 76.0 cm³/mol. The minimum Gasteiger partial charge on any atom is -0.493 e. The van der Waals surface area contributed by atoms with Gasteiger partial charge in [-0.3, -0.25) is 0 Å². The molecule has 0 aliphatic heterocycles. The maximum Gasteiger partial charge on any atom is 0.122 e. The van der Waals surface area contributed by atoms with Gasteiger partial charge in [-0.2, -0.15) is 0 Å². The first kappa shape index (κ1) is 13.4. The van der Waals surface area contributed by atoms with E-state index < -0.39 is 0 Å². The molecule has 2 rings (SSSR count). The van der Waals surface area contributed by atoms with E-state index in [2.05, 4.69) is 31.2 Å². The van der Waals surface area contributed by atoms with Crippen LogP contribution in [0.25, 0.3) is 0 Å². The van der Waals surface area contributed by atoms with E-state index in [0.29, 0.717) is 11.8 Å². The molecule has 0 bridgehead atoms. The zero-order valence-electron chi connectivity index (χ0n) is 11.4. The highest BCUT2D eigenvalue weighted by molar-refractivity contribution is 5.37. The Morgan fingerprint density at radius 2 is 2.00 bits per heavy atom. The number of nitrogens with two attached hydrogens (primary N) is 1. The van der Waals surface area contributed by atoms with Crippen LogP contribution in [0.4, 0.5) is 0 Å². The third-order valence-electron chi connectivity index (χ3n) is 3.99. The number of para-hydroxylation sites is 1. The van der Waals surface area contributed by atoms with Gasteiger partial charge in [-0.25, -0.2) is 0 Å². The molecule has 100 valence electrons. The Kier molecular flexibility index (Phi) is 5.06. The highest BCUT2D eigenvalue weighted by atomic mass is 16.5. The zero-order valence-corrected chi connectivity index (χ0v) is 11.4. The molecule has 1 aliphatic carbocycles. The summed E-state index contributed by atoms with van der Waals surface area (Å²) in [5.41, 5.74) is 7.32. The van der Waals surface area contributed by atoms with E-state index in [1.807, 2.05) is 0 Å². The van der Waals surface area contributed by atoms with Gasteiger partial charge in [0.15, 0.2) is 0 Å². The summed E-state index contributed by atoms with van der Waals surface area (Å²) >= 11 is 0. The largest absolute Gasteiger partial charge is 0.493 e. The summed E-state index contributed by atoms with van der Waals surface area (Å²) in [7, 11) is 0. The van der Waals surface area contributed by atoms with Crippen molar-refractivity contribution in [1.29, 1.82) is 0 Å². The second-order valence-electron chi connectivity index (χ2n) is 5.27. The smallest absolute Gasteiger partial charge is 0.122 e. The van der Waals surface area contributed by atoms with Gasteiger partial charge in [0.2, 0.25) is 0 Å². The Labute approximate surface area is 111 Å². The molecular formula is C16H25NO. The highest BCUT2D eigenvalue weighted by Gasteiger charge is 2.27. The molecule has 2 unspecified atom stereocenters. The summed E-state index contributed by atoms with van der Waals surface area (Å²) in [6.07, 6.45) is 6.23. The number of hydrogen-bond acceptors (Lipinski definition) is 2. The average Bonchev–Trinajstić information content (AvgIpc) is 2.45. The van der Waals surface area contributed by atoms with Crippen LogP contribution in [0.5, 0.6) is 5.75 Å². The first-order valence-electron chi connectivity index (χ1n) is 7.28. The van der Waals surface area contributed by atoms with Gasteiger partial charge in [0, 0.05) is 0 Å². The lowest BCUT2D eigenvalue weighted by Gasteiger charge is -2.32. The molecule has 1 aliphatic rings. The van der Waals surface area contributed by atoms with Crippen molar-refractivity contribution >= 4 is 0 Å². The minimum absolute atomic E-state index is 0.594. The van der Waals surface area contributed by atoms with Crippen LogP contribution >= 0.6 is 0 Å². The minimum atomic E-state index is 0.594. The third kappa shape index (κ3) is 3.05. The van der Waals surface area contributed by atoms with Crippen LogP contribution in [0.2, 0.25) is 0 Å². The van der Waals surface area contributed by atoms with Gasteiger partial charge in [-0.1, -0.05) is 38.0 Å². The Hall–Kier alpha value is -1.02. The summed E-state index contributed by atoms with van der Waals surface area (Å²) in [5.74, 6) is 2.30. The van der Waals surface area contributed by atoms with Crippen molar-refractivity contribution in [2.45, 2.75) is 44.9 Å². The Morgan fingerprint density at radius 3 is 2.78 bits per heavy atom. The van der Waals surface area contributed by atoms with Crippen molar-refractivity contribution in [3.8, 4) is 5.75 Å². The number of benzene rings is 1. The average molecular weight is 247 g/mol. The van der Waals surface area contributed by atoms with Gasteiger partial charge < -0.3 is 10.5 Å². The highest BCUT2D eigenvalue weighted by Crippen LogP contribution is 2.40. The molecule has 2 nitrogen and oxygen atoms in total. The summed E-state index contributed by atoms with van der Waals surface area (Å²) in [6, 6.07) is 8.52. The predicted octanol–water partition coefficient (Wildman–Crippen LogP) is 3.71.